The Balaban J connectivity index is 2.73. The van der Waals surface area contributed by atoms with Gasteiger partial charge in [0.1, 0.15) is 0 Å². The predicted octanol–water partition coefficient (Wildman–Crippen LogP) is 3.13. The maximum atomic E-state index is 5.99. The molecule has 6 heteroatoms. The van der Waals surface area contributed by atoms with Crippen molar-refractivity contribution in [2.24, 2.45) is 10.8 Å². The van der Waals surface area contributed by atoms with Crippen LogP contribution in [0, 0.1) is 0 Å². The van der Waals surface area contributed by atoms with Crippen molar-refractivity contribution in [3.63, 3.8) is 0 Å². The Morgan fingerprint density at radius 2 is 2.29 bits per heavy atom. The van der Waals surface area contributed by atoms with E-state index in [1.165, 1.54) is 0 Å². The minimum Gasteiger partial charge on any atom is -0.324 e. The number of unbranched alkanes of at least 4 members (excludes halogenated alkanes) is 1. The molecule has 0 fully saturated rings. The number of nitrogens with zero attached hydrogens (tertiary/aromatic N) is 1. The molecule has 17 heavy (non-hydrogen) atoms. The fraction of sp³-hybridized carbons (Fsp3) is 0.364. The molecule has 0 saturated heterocycles. The second kappa shape index (κ2) is 7.53. The number of hydrazine groups is 1. The molecule has 0 aliphatic rings. The van der Waals surface area contributed by atoms with Crippen LogP contribution in [0.4, 0.5) is 5.69 Å². The first-order valence-corrected chi connectivity index (χ1v) is 6.58. The number of hydrogen-bond donors (Lipinski definition) is 3. The molecule has 0 aliphatic heterocycles. The van der Waals surface area contributed by atoms with E-state index in [-0.39, 0.29) is 0 Å². The topological polar surface area (TPSA) is 62.4 Å². The van der Waals surface area contributed by atoms with Gasteiger partial charge in [-0.2, -0.15) is 0 Å². The van der Waals surface area contributed by atoms with Crippen molar-refractivity contribution in [3.8, 4) is 0 Å². The van der Waals surface area contributed by atoms with Gasteiger partial charge >= 0.3 is 0 Å². The number of guanidine groups is 1. The van der Waals surface area contributed by atoms with E-state index in [4.69, 9.17) is 17.4 Å². The number of aliphatic imine (C=N–C) groups is 1. The largest absolute Gasteiger partial charge is 0.324 e. The minimum absolute atomic E-state index is 0.529. The number of anilines is 1. The van der Waals surface area contributed by atoms with Crippen molar-refractivity contribution < 1.29 is 0 Å². The summed E-state index contributed by atoms with van der Waals surface area (Å²) in [6.07, 6.45) is 2.13. The van der Waals surface area contributed by atoms with Crippen LogP contribution < -0.4 is 16.6 Å². The van der Waals surface area contributed by atoms with Gasteiger partial charge in [0.25, 0.3) is 0 Å². The molecule has 4 N–H and O–H groups in total. The van der Waals surface area contributed by atoms with Crippen molar-refractivity contribution in [3.05, 3.63) is 27.7 Å². The quantitative estimate of drug-likeness (QED) is 0.263. The lowest BCUT2D eigenvalue weighted by Gasteiger charge is -2.11. The lowest BCUT2D eigenvalue weighted by atomic mass is 10.3. The Morgan fingerprint density at radius 3 is 2.94 bits per heavy atom. The van der Waals surface area contributed by atoms with Gasteiger partial charge in [0.05, 0.1) is 15.2 Å². The number of halogens is 2. The molecule has 0 radical (unpaired) electrons. The molecule has 0 saturated carbocycles. The first-order chi connectivity index (χ1) is 8.19. The summed E-state index contributed by atoms with van der Waals surface area (Å²) < 4.78 is 0.792. The van der Waals surface area contributed by atoms with Gasteiger partial charge in [0.2, 0.25) is 5.96 Å². The van der Waals surface area contributed by atoms with Gasteiger partial charge in [0.15, 0.2) is 0 Å². The van der Waals surface area contributed by atoms with Crippen molar-refractivity contribution in [1.82, 2.24) is 5.43 Å². The minimum atomic E-state index is 0.529. The van der Waals surface area contributed by atoms with Gasteiger partial charge < -0.3 is 5.32 Å². The van der Waals surface area contributed by atoms with Gasteiger partial charge in [-0.3, -0.25) is 10.4 Å². The van der Waals surface area contributed by atoms with Gasteiger partial charge in [-0.15, -0.1) is 0 Å². The molecule has 0 heterocycles. The van der Waals surface area contributed by atoms with E-state index >= 15 is 0 Å². The molecule has 94 valence electrons. The summed E-state index contributed by atoms with van der Waals surface area (Å²) in [5.74, 6) is 5.93. The number of nitrogens with two attached hydrogens (primary N) is 1. The molecule has 0 spiro atoms. The third-order valence-electron chi connectivity index (χ3n) is 2.12. The predicted molar refractivity (Wildman–Crippen MR) is 77.3 cm³/mol. The van der Waals surface area contributed by atoms with Crippen LogP contribution in [0.5, 0.6) is 0 Å². The van der Waals surface area contributed by atoms with Gasteiger partial charge in [-0.25, -0.2) is 5.84 Å². The Hall–Kier alpha value is -0.780. The van der Waals surface area contributed by atoms with E-state index in [2.05, 4.69) is 38.6 Å². The first kappa shape index (κ1) is 14.3. The highest BCUT2D eigenvalue weighted by Crippen LogP contribution is 2.29. The van der Waals surface area contributed by atoms with E-state index in [0.717, 1.165) is 29.5 Å². The Bertz CT molecular complexity index is 395. The average molecular weight is 320 g/mol. The summed E-state index contributed by atoms with van der Waals surface area (Å²) in [6.45, 7) is 2.85. The molecule has 0 atom stereocenters. The van der Waals surface area contributed by atoms with Crippen molar-refractivity contribution in [1.29, 1.82) is 0 Å². The SMILES string of the molecule is CCCCN=C(NN)Nc1cccc(Cl)c1Br. The van der Waals surface area contributed by atoms with Crippen molar-refractivity contribution in [2.45, 2.75) is 19.8 Å². The highest BCUT2D eigenvalue weighted by Gasteiger charge is 2.05. The highest BCUT2D eigenvalue weighted by atomic mass is 79.9. The summed E-state index contributed by atoms with van der Waals surface area (Å²) in [5.41, 5.74) is 3.36. The number of benzene rings is 1. The Kier molecular flexibility index (Phi) is 6.32. The van der Waals surface area contributed by atoms with E-state index in [0.29, 0.717) is 11.0 Å². The standard InChI is InChI=1S/C11H16BrClN4/c1-2-3-7-15-11(17-14)16-9-6-4-5-8(13)10(9)12/h4-6H,2-3,7,14H2,1H3,(H2,15,16,17). The summed E-state index contributed by atoms with van der Waals surface area (Å²) in [6, 6.07) is 5.55. The van der Waals surface area contributed by atoms with Crippen LogP contribution >= 0.6 is 27.5 Å². The second-order valence-corrected chi connectivity index (χ2v) is 4.65. The van der Waals surface area contributed by atoms with Crippen molar-refractivity contribution >= 4 is 39.2 Å². The van der Waals surface area contributed by atoms with E-state index < -0.39 is 0 Å². The van der Waals surface area contributed by atoms with Gasteiger partial charge in [-0.1, -0.05) is 31.0 Å². The first-order valence-electron chi connectivity index (χ1n) is 5.41. The number of rotatable bonds is 4. The zero-order valence-corrected chi connectivity index (χ0v) is 12.0. The van der Waals surface area contributed by atoms with Crippen LogP contribution in [0.25, 0.3) is 0 Å². The molecule has 4 nitrogen and oxygen atoms in total. The summed E-state index contributed by atoms with van der Waals surface area (Å²) in [5, 5.41) is 3.72. The Labute approximate surface area is 115 Å². The third-order valence-corrected chi connectivity index (χ3v) is 3.52. The molecule has 1 aromatic rings. The summed E-state index contributed by atoms with van der Waals surface area (Å²) >= 11 is 9.39. The fourth-order valence-electron chi connectivity index (χ4n) is 1.20. The lowest BCUT2D eigenvalue weighted by Crippen LogP contribution is -2.36. The molecular formula is C11H16BrClN4. The maximum Gasteiger partial charge on any atom is 0.210 e. The smallest absolute Gasteiger partial charge is 0.210 e. The zero-order valence-electron chi connectivity index (χ0n) is 9.63. The number of nitrogens with one attached hydrogen (secondary N) is 2. The normalized spacial score (nSPS) is 11.4. The highest BCUT2D eigenvalue weighted by molar-refractivity contribution is 9.10. The van der Waals surface area contributed by atoms with E-state index in [9.17, 15) is 0 Å². The van der Waals surface area contributed by atoms with Gasteiger partial charge in [0, 0.05) is 6.54 Å². The van der Waals surface area contributed by atoms with Gasteiger partial charge in [-0.05, 0) is 34.5 Å². The summed E-state index contributed by atoms with van der Waals surface area (Å²) in [7, 11) is 0. The van der Waals surface area contributed by atoms with Crippen LogP contribution in [-0.2, 0) is 0 Å². The van der Waals surface area contributed by atoms with Crippen molar-refractivity contribution in [2.75, 3.05) is 11.9 Å². The zero-order chi connectivity index (χ0) is 12.7. The van der Waals surface area contributed by atoms with E-state index in [1.807, 2.05) is 12.1 Å². The third kappa shape index (κ3) is 4.53. The average Bonchev–Trinajstić information content (AvgIpc) is 2.33. The molecule has 0 aromatic heterocycles. The Morgan fingerprint density at radius 1 is 1.53 bits per heavy atom. The molecule has 0 unspecified atom stereocenters. The van der Waals surface area contributed by atoms with Crippen LogP contribution in [-0.4, -0.2) is 12.5 Å². The van der Waals surface area contributed by atoms with Crippen LogP contribution in [0.3, 0.4) is 0 Å². The second-order valence-electron chi connectivity index (χ2n) is 3.45. The maximum absolute atomic E-state index is 5.99. The monoisotopic (exact) mass is 318 g/mol. The molecule has 1 rings (SSSR count). The van der Waals surface area contributed by atoms with E-state index in [1.54, 1.807) is 6.07 Å². The van der Waals surface area contributed by atoms with Crippen LogP contribution in [0.2, 0.25) is 5.02 Å². The number of hydrogen-bond acceptors (Lipinski definition) is 2. The lowest BCUT2D eigenvalue weighted by molar-refractivity contribution is 0.801. The molecule has 0 aliphatic carbocycles. The summed E-state index contributed by atoms with van der Waals surface area (Å²) in [4.78, 5) is 4.30. The fourth-order valence-corrected chi connectivity index (χ4v) is 1.74. The molecule has 1 aromatic carbocycles. The molecular weight excluding hydrogens is 304 g/mol. The van der Waals surface area contributed by atoms with Crippen LogP contribution in [0.1, 0.15) is 19.8 Å². The molecule has 0 amide bonds. The molecule has 0 bridgehead atoms. The van der Waals surface area contributed by atoms with Crippen LogP contribution in [0.15, 0.2) is 27.7 Å².